The summed E-state index contributed by atoms with van der Waals surface area (Å²) in [5.41, 5.74) is 3.37. The molecule has 1 aromatic heterocycles. The Labute approximate surface area is 176 Å². The van der Waals surface area contributed by atoms with Crippen LogP contribution in [0.3, 0.4) is 0 Å². The van der Waals surface area contributed by atoms with Gasteiger partial charge in [-0.3, -0.25) is 9.79 Å². The summed E-state index contributed by atoms with van der Waals surface area (Å²) in [5.74, 6) is 0.488. The Kier molecular flexibility index (Phi) is 4.76. The van der Waals surface area contributed by atoms with Crippen LogP contribution in [-0.4, -0.2) is 16.5 Å². The van der Waals surface area contributed by atoms with E-state index in [4.69, 9.17) is 9.41 Å². The van der Waals surface area contributed by atoms with E-state index in [1.54, 1.807) is 6.07 Å². The predicted molar refractivity (Wildman–Crippen MR) is 110 cm³/mol. The number of aliphatic imine (C=N–C) groups is 1. The molecule has 0 saturated heterocycles. The fraction of sp³-hybridized carbons (Fsp3) is 0.292. The fourth-order valence-corrected chi connectivity index (χ4v) is 4.40. The summed E-state index contributed by atoms with van der Waals surface area (Å²) < 4.78 is 45.6. The van der Waals surface area contributed by atoms with Crippen LogP contribution in [0, 0.1) is 0 Å². The third-order valence-corrected chi connectivity index (χ3v) is 5.79. The molecular formula is C24H19F3N2O2. The lowest BCUT2D eigenvalue weighted by Crippen LogP contribution is -2.24. The molecular weight excluding hydrogens is 405 g/mol. The van der Waals surface area contributed by atoms with E-state index in [1.807, 2.05) is 24.3 Å². The topological polar surface area (TPSA) is 55.5 Å². The summed E-state index contributed by atoms with van der Waals surface area (Å²) in [6.07, 6.45) is -1.66. The van der Waals surface area contributed by atoms with Crippen molar-refractivity contribution in [3.8, 4) is 0 Å². The van der Waals surface area contributed by atoms with Gasteiger partial charge < -0.3 is 4.42 Å². The highest BCUT2D eigenvalue weighted by Crippen LogP contribution is 2.41. The van der Waals surface area contributed by atoms with Gasteiger partial charge in [0.1, 0.15) is 11.6 Å². The van der Waals surface area contributed by atoms with Gasteiger partial charge in [0, 0.05) is 24.1 Å². The van der Waals surface area contributed by atoms with Crippen LogP contribution < -0.4 is 0 Å². The molecule has 0 radical (unpaired) electrons. The maximum atomic E-state index is 13.3. The van der Waals surface area contributed by atoms with Crippen molar-refractivity contribution in [3.63, 3.8) is 0 Å². The first kappa shape index (κ1) is 19.7. The summed E-state index contributed by atoms with van der Waals surface area (Å²) in [4.78, 5) is 21.9. The minimum absolute atomic E-state index is 0.0201. The Hall–Kier alpha value is -3.22. The van der Waals surface area contributed by atoms with Gasteiger partial charge in [-0.15, -0.1) is 0 Å². The third-order valence-electron chi connectivity index (χ3n) is 5.79. The Morgan fingerprint density at radius 3 is 2.71 bits per heavy atom. The number of rotatable bonds is 3. The molecule has 0 amide bonds. The summed E-state index contributed by atoms with van der Waals surface area (Å²) in [7, 11) is 0. The Bertz CT molecular complexity index is 1200. The van der Waals surface area contributed by atoms with Gasteiger partial charge in [-0.1, -0.05) is 29.8 Å². The maximum Gasteiger partial charge on any atom is 0.416 e. The molecule has 1 aliphatic carbocycles. The number of oxazole rings is 1. The molecule has 158 valence electrons. The molecule has 31 heavy (non-hydrogen) atoms. The van der Waals surface area contributed by atoms with Crippen molar-refractivity contribution in [1.82, 2.24) is 4.98 Å². The average Bonchev–Trinajstić information content (AvgIpc) is 3.15. The van der Waals surface area contributed by atoms with Crippen molar-refractivity contribution in [3.05, 3.63) is 76.7 Å². The summed E-state index contributed by atoms with van der Waals surface area (Å²) in [5, 5.41) is 0. The first-order valence-corrected chi connectivity index (χ1v) is 10.2. The molecule has 1 aliphatic heterocycles. The second-order valence-electron chi connectivity index (χ2n) is 7.94. The van der Waals surface area contributed by atoms with E-state index in [2.05, 4.69) is 4.98 Å². The third kappa shape index (κ3) is 3.80. The summed E-state index contributed by atoms with van der Waals surface area (Å²) in [6, 6.07) is 11.8. The number of carbonyl (C=O) groups excluding carboxylic acids is 1. The maximum absolute atomic E-state index is 13.3. The molecule has 0 saturated carbocycles. The molecule has 0 N–H and O–H groups in total. The number of Topliss-reactive ketones (excluding diaryl/α,β-unsaturated/α-hetero) is 1. The van der Waals surface area contributed by atoms with E-state index < -0.39 is 17.8 Å². The smallest absolute Gasteiger partial charge is 0.416 e. The minimum atomic E-state index is -4.46. The van der Waals surface area contributed by atoms with Crippen LogP contribution >= 0.6 is 0 Å². The number of hydrogen-bond acceptors (Lipinski definition) is 4. The van der Waals surface area contributed by atoms with Crippen molar-refractivity contribution < 1.29 is 22.4 Å². The number of ketones is 1. The Balaban J connectivity index is 1.54. The molecule has 1 unspecified atom stereocenters. The lowest BCUT2D eigenvalue weighted by molar-refractivity contribution is -0.137. The highest BCUT2D eigenvalue weighted by Gasteiger charge is 2.35. The van der Waals surface area contributed by atoms with Crippen LogP contribution in [0.2, 0.25) is 0 Å². The lowest BCUT2D eigenvalue weighted by atomic mass is 9.79. The highest BCUT2D eigenvalue weighted by atomic mass is 19.4. The first-order valence-electron chi connectivity index (χ1n) is 10.2. The zero-order valence-corrected chi connectivity index (χ0v) is 16.6. The van der Waals surface area contributed by atoms with Crippen LogP contribution in [0.4, 0.5) is 13.2 Å². The van der Waals surface area contributed by atoms with Crippen molar-refractivity contribution in [1.29, 1.82) is 0 Å². The molecule has 3 aromatic rings. The molecule has 5 rings (SSSR count). The second-order valence-corrected chi connectivity index (χ2v) is 7.94. The van der Waals surface area contributed by atoms with Gasteiger partial charge in [0.25, 0.3) is 0 Å². The predicted octanol–water partition coefficient (Wildman–Crippen LogP) is 6.02. The van der Waals surface area contributed by atoms with E-state index >= 15 is 0 Å². The van der Waals surface area contributed by atoms with Gasteiger partial charge in [-0.05, 0) is 42.7 Å². The zero-order chi connectivity index (χ0) is 21.6. The monoisotopic (exact) mass is 424 g/mol. The lowest BCUT2D eigenvalue weighted by Gasteiger charge is -2.30. The number of allylic oxidation sites excluding steroid dienone is 1. The van der Waals surface area contributed by atoms with Crippen molar-refractivity contribution in [2.24, 2.45) is 4.99 Å². The van der Waals surface area contributed by atoms with Crippen LogP contribution in [0.1, 0.15) is 48.7 Å². The molecule has 4 nitrogen and oxygen atoms in total. The first-order chi connectivity index (χ1) is 14.9. The van der Waals surface area contributed by atoms with Crippen LogP contribution in [0.5, 0.6) is 0 Å². The largest absolute Gasteiger partial charge is 0.440 e. The minimum Gasteiger partial charge on any atom is -0.440 e. The number of hydrogen-bond donors (Lipinski definition) is 0. The number of para-hydroxylation sites is 2. The number of carbonyl (C=O) groups is 1. The van der Waals surface area contributed by atoms with Gasteiger partial charge in [-0.25, -0.2) is 4.98 Å². The normalized spacial score (nSPS) is 19.5. The molecule has 1 atom stereocenters. The molecule has 7 heteroatoms. The van der Waals surface area contributed by atoms with E-state index in [0.717, 1.165) is 41.8 Å². The van der Waals surface area contributed by atoms with Crippen molar-refractivity contribution in [2.45, 2.75) is 44.3 Å². The average molecular weight is 424 g/mol. The van der Waals surface area contributed by atoms with Crippen molar-refractivity contribution in [2.75, 3.05) is 0 Å². The van der Waals surface area contributed by atoms with Crippen LogP contribution in [0.15, 0.2) is 69.1 Å². The Morgan fingerprint density at radius 2 is 1.90 bits per heavy atom. The van der Waals surface area contributed by atoms with Crippen molar-refractivity contribution >= 4 is 22.6 Å². The van der Waals surface area contributed by atoms with E-state index in [1.165, 1.54) is 6.07 Å². The number of nitrogens with zero attached hydrogens (tertiary/aromatic N) is 2. The van der Waals surface area contributed by atoms with Gasteiger partial charge >= 0.3 is 6.18 Å². The van der Waals surface area contributed by atoms with Gasteiger partial charge in [0.05, 0.1) is 12.0 Å². The number of alkyl halides is 3. The number of dihydropyridines is 1. The van der Waals surface area contributed by atoms with E-state index in [0.29, 0.717) is 41.9 Å². The number of fused-ring (bicyclic) bond motifs is 1. The molecule has 2 aliphatic rings. The van der Waals surface area contributed by atoms with Crippen LogP contribution in [0.25, 0.3) is 11.1 Å². The molecule has 2 heterocycles. The SMILES string of the molecule is O=C1CCCC2=C1C(c1cccc(C(F)(F)F)c1)N=C(Cc1nc3ccccc3o1)C2. The number of benzene rings is 2. The summed E-state index contributed by atoms with van der Waals surface area (Å²) in [6.45, 7) is 0. The number of aromatic nitrogens is 1. The highest BCUT2D eigenvalue weighted by molar-refractivity contribution is 6.02. The van der Waals surface area contributed by atoms with Gasteiger partial charge in [-0.2, -0.15) is 13.2 Å². The standard InChI is InChI=1S/C24H19F3N2O2/c25-24(26,27)16-7-3-6-15(11-16)23-22-14(5-4-9-19(22)30)12-17(28-23)13-21-29-18-8-1-2-10-20(18)31-21/h1-3,6-8,10-11,23H,4-5,9,12-13H2. The fourth-order valence-electron chi connectivity index (χ4n) is 4.40. The Morgan fingerprint density at radius 1 is 1.06 bits per heavy atom. The number of halogens is 3. The van der Waals surface area contributed by atoms with E-state index in [9.17, 15) is 18.0 Å². The van der Waals surface area contributed by atoms with Gasteiger partial charge in [0.15, 0.2) is 11.4 Å². The molecule has 0 fully saturated rings. The van der Waals surface area contributed by atoms with E-state index in [-0.39, 0.29) is 5.78 Å². The second kappa shape index (κ2) is 7.48. The molecule has 2 aromatic carbocycles. The quantitative estimate of drug-likeness (QED) is 0.516. The van der Waals surface area contributed by atoms with Crippen LogP contribution in [-0.2, 0) is 17.4 Å². The zero-order valence-electron chi connectivity index (χ0n) is 16.6. The molecule has 0 spiro atoms. The summed E-state index contributed by atoms with van der Waals surface area (Å²) >= 11 is 0. The molecule has 0 bridgehead atoms. The van der Waals surface area contributed by atoms with Gasteiger partial charge in [0.2, 0.25) is 5.89 Å².